The predicted octanol–water partition coefficient (Wildman–Crippen LogP) is 3.42. The van der Waals surface area contributed by atoms with Crippen LogP contribution >= 0.6 is 35.3 Å². The Hall–Kier alpha value is -3.49. The van der Waals surface area contributed by atoms with E-state index in [1.54, 1.807) is 33.8 Å². The van der Waals surface area contributed by atoms with E-state index in [4.69, 9.17) is 18.9 Å². The first-order chi connectivity index (χ1) is 19.7. The number of fused-ring (bicyclic) bond motifs is 2. The molecule has 0 aliphatic carbocycles. The lowest BCUT2D eigenvalue weighted by Gasteiger charge is -2.49. The molecule has 4 heterocycles. The Morgan fingerprint density at radius 2 is 1.29 bits per heavy atom. The fourth-order valence-corrected chi connectivity index (χ4v) is 10.6. The summed E-state index contributed by atoms with van der Waals surface area (Å²) in [6, 6.07) is 1.80. The van der Waals surface area contributed by atoms with E-state index < -0.39 is 45.2 Å². The highest BCUT2D eigenvalue weighted by molar-refractivity contribution is 8.26. The number of ether oxygens (including phenoxy) is 4. The average Bonchev–Trinajstić information content (AvgIpc) is 3.48. The van der Waals surface area contributed by atoms with Gasteiger partial charge < -0.3 is 18.9 Å². The number of esters is 4. The molecular formula is C28H25NO10S3. The molecule has 0 atom stereocenters. The minimum Gasteiger partial charge on any atom is -0.466 e. The molecule has 42 heavy (non-hydrogen) atoms. The van der Waals surface area contributed by atoms with Crippen LogP contribution < -0.4 is 4.90 Å². The Labute approximate surface area is 253 Å². The van der Waals surface area contributed by atoms with E-state index in [9.17, 15) is 28.8 Å². The lowest BCUT2D eigenvalue weighted by Crippen LogP contribution is -2.52. The van der Waals surface area contributed by atoms with Crippen molar-refractivity contribution in [3.8, 4) is 0 Å². The molecule has 14 heteroatoms. The van der Waals surface area contributed by atoms with E-state index in [2.05, 4.69) is 0 Å². The summed E-state index contributed by atoms with van der Waals surface area (Å²) in [5.41, 5.74) is 1.39. The van der Waals surface area contributed by atoms with E-state index in [1.807, 2.05) is 0 Å². The Balaban J connectivity index is 1.96. The maximum atomic E-state index is 13.6. The van der Waals surface area contributed by atoms with Gasteiger partial charge in [0, 0.05) is 16.0 Å². The molecule has 1 aromatic carbocycles. The third-order valence-corrected chi connectivity index (χ3v) is 12.2. The number of hydrogen-bond donors (Lipinski definition) is 0. The van der Waals surface area contributed by atoms with Crippen LogP contribution in [0.25, 0.3) is 5.57 Å². The number of hydrogen-bond acceptors (Lipinski definition) is 13. The number of amides is 1. The van der Waals surface area contributed by atoms with E-state index in [-0.39, 0.29) is 25.9 Å². The van der Waals surface area contributed by atoms with Gasteiger partial charge in [-0.05, 0) is 44.9 Å². The highest BCUT2D eigenvalue weighted by Crippen LogP contribution is 2.71. The van der Waals surface area contributed by atoms with Crippen LogP contribution in [-0.2, 0) is 42.9 Å². The van der Waals surface area contributed by atoms with Crippen LogP contribution in [0.3, 0.4) is 0 Å². The summed E-state index contributed by atoms with van der Waals surface area (Å²) in [5.74, 6) is -4.90. The molecule has 1 spiro atoms. The topological polar surface area (TPSA) is 143 Å². The SMILES string of the molecule is COC(=O)C1=C(C(=O)OC)SC2(S1)C(C(=O)OC)=C(C(=O)OC)SC1=C2c2cc(C)c(C)c3c2N(C(=O)C3=O)C1(C)C. The Morgan fingerprint density at radius 1 is 0.786 bits per heavy atom. The van der Waals surface area contributed by atoms with Crippen LogP contribution in [0.15, 0.2) is 31.3 Å². The summed E-state index contributed by atoms with van der Waals surface area (Å²) >= 11 is 2.58. The van der Waals surface area contributed by atoms with Crippen LogP contribution in [0.5, 0.6) is 0 Å². The van der Waals surface area contributed by atoms with Crippen molar-refractivity contribution in [1.29, 1.82) is 0 Å². The Morgan fingerprint density at radius 3 is 1.79 bits per heavy atom. The monoisotopic (exact) mass is 631 g/mol. The number of carbonyl (C=O) groups is 6. The molecule has 220 valence electrons. The molecule has 0 unspecified atom stereocenters. The van der Waals surface area contributed by atoms with Gasteiger partial charge in [-0.1, -0.05) is 35.3 Å². The first-order valence-electron chi connectivity index (χ1n) is 12.4. The standard InChI is InChI=1S/C28H25NO10S3/c1-10-9-12-14-21(27(3,4)29-16(12)13(11(10)2)17(30)22(29)31)40-18(24(33)37-6)15(23(32)36-5)28(14)41-19(25(34)38-7)20(42-28)26(35)39-8/h9H,1-8H3. The fourth-order valence-electron chi connectivity index (χ4n) is 5.53. The number of benzene rings is 1. The summed E-state index contributed by atoms with van der Waals surface area (Å²) in [7, 11) is 4.59. The molecule has 1 amide bonds. The molecular weight excluding hydrogens is 607 g/mol. The van der Waals surface area contributed by atoms with Gasteiger partial charge in [0.1, 0.15) is 18.8 Å². The summed E-state index contributed by atoms with van der Waals surface area (Å²) < 4.78 is 18.5. The summed E-state index contributed by atoms with van der Waals surface area (Å²) in [5, 5.41) is 0. The Kier molecular flexibility index (Phi) is 7.18. The second-order valence-electron chi connectivity index (χ2n) is 10.1. The minimum atomic E-state index is -1.70. The van der Waals surface area contributed by atoms with Crippen molar-refractivity contribution >= 4 is 82.1 Å². The number of ketones is 1. The van der Waals surface area contributed by atoms with Crippen molar-refractivity contribution in [1.82, 2.24) is 0 Å². The zero-order valence-corrected chi connectivity index (χ0v) is 26.3. The molecule has 0 fully saturated rings. The van der Waals surface area contributed by atoms with E-state index in [1.165, 1.54) is 4.90 Å². The minimum absolute atomic E-state index is 0.147. The zero-order chi connectivity index (χ0) is 31.0. The lowest BCUT2D eigenvalue weighted by molar-refractivity contribution is -0.138. The van der Waals surface area contributed by atoms with Gasteiger partial charge >= 0.3 is 23.9 Å². The van der Waals surface area contributed by atoms with Gasteiger partial charge in [-0.25, -0.2) is 19.2 Å². The number of aryl methyl sites for hydroxylation is 1. The molecule has 0 radical (unpaired) electrons. The number of nitrogens with zero attached hydrogens (tertiary/aromatic N) is 1. The van der Waals surface area contributed by atoms with Crippen LogP contribution in [-0.4, -0.2) is 73.6 Å². The molecule has 0 saturated heterocycles. The van der Waals surface area contributed by atoms with Gasteiger partial charge in [0.25, 0.3) is 11.7 Å². The second-order valence-corrected chi connectivity index (χ2v) is 13.8. The quantitative estimate of drug-likeness (QED) is 0.272. The molecule has 0 bridgehead atoms. The maximum Gasteiger partial charge on any atom is 0.345 e. The fraction of sp³-hybridized carbons (Fsp3) is 0.357. The van der Waals surface area contributed by atoms with Gasteiger partial charge in [-0.15, -0.1) is 0 Å². The number of carbonyl (C=O) groups excluding carboxylic acids is 6. The van der Waals surface area contributed by atoms with Crippen molar-refractivity contribution in [2.45, 2.75) is 37.3 Å². The Bertz CT molecular complexity index is 1640. The molecule has 11 nitrogen and oxygen atoms in total. The molecule has 4 aliphatic heterocycles. The van der Waals surface area contributed by atoms with Crippen molar-refractivity contribution < 1.29 is 47.7 Å². The van der Waals surface area contributed by atoms with Crippen molar-refractivity contribution in [2.75, 3.05) is 33.3 Å². The molecule has 4 aliphatic rings. The lowest BCUT2D eigenvalue weighted by atomic mass is 9.82. The van der Waals surface area contributed by atoms with Crippen LogP contribution in [0, 0.1) is 13.8 Å². The van der Waals surface area contributed by atoms with Gasteiger partial charge in [0.2, 0.25) is 0 Å². The summed E-state index contributed by atoms with van der Waals surface area (Å²) in [4.78, 5) is 81.4. The van der Waals surface area contributed by atoms with Crippen LogP contribution in [0.4, 0.5) is 5.69 Å². The number of methoxy groups -OCH3 is 4. The van der Waals surface area contributed by atoms with Gasteiger partial charge in [-0.2, -0.15) is 0 Å². The first-order valence-corrected chi connectivity index (χ1v) is 14.8. The third-order valence-electron chi connectivity index (χ3n) is 7.57. The van der Waals surface area contributed by atoms with Crippen LogP contribution in [0.2, 0.25) is 0 Å². The number of thioether (sulfide) groups is 3. The zero-order valence-electron chi connectivity index (χ0n) is 23.8. The predicted molar refractivity (Wildman–Crippen MR) is 156 cm³/mol. The molecule has 0 saturated carbocycles. The van der Waals surface area contributed by atoms with Crippen molar-refractivity contribution in [3.05, 3.63) is 53.5 Å². The van der Waals surface area contributed by atoms with E-state index >= 15 is 0 Å². The largest absolute Gasteiger partial charge is 0.466 e. The molecule has 5 rings (SSSR count). The molecule has 0 N–H and O–H groups in total. The van der Waals surface area contributed by atoms with E-state index in [0.717, 1.165) is 63.7 Å². The maximum absolute atomic E-state index is 13.6. The number of anilines is 1. The molecule has 0 aromatic heterocycles. The molecule has 1 aromatic rings. The average molecular weight is 632 g/mol. The smallest absolute Gasteiger partial charge is 0.345 e. The van der Waals surface area contributed by atoms with Gasteiger partial charge in [0.15, 0.2) is 0 Å². The van der Waals surface area contributed by atoms with Gasteiger partial charge in [0.05, 0.1) is 50.8 Å². The third kappa shape index (κ3) is 3.77. The second kappa shape index (κ2) is 10.1. The van der Waals surface area contributed by atoms with Crippen molar-refractivity contribution in [2.24, 2.45) is 0 Å². The van der Waals surface area contributed by atoms with Crippen molar-refractivity contribution in [3.63, 3.8) is 0 Å². The van der Waals surface area contributed by atoms with E-state index in [0.29, 0.717) is 32.9 Å². The van der Waals surface area contributed by atoms with Crippen LogP contribution in [0.1, 0.15) is 40.9 Å². The summed E-state index contributed by atoms with van der Waals surface area (Å²) in [6.07, 6.45) is 0. The number of Topliss-reactive ketones (excluding diaryl/α,β-unsaturated/α-hetero) is 1. The highest BCUT2D eigenvalue weighted by Gasteiger charge is 2.63. The van der Waals surface area contributed by atoms with Gasteiger partial charge in [-0.3, -0.25) is 14.5 Å². The highest BCUT2D eigenvalue weighted by atomic mass is 32.2. The number of rotatable bonds is 4. The first kappa shape index (κ1) is 30.0. The normalized spacial score (nSPS) is 19.7. The summed E-state index contributed by atoms with van der Waals surface area (Å²) in [6.45, 7) is 6.99.